The molecule has 0 bridgehead atoms. The third-order valence-electron chi connectivity index (χ3n) is 2.72. The smallest absolute Gasteiger partial charge is 0.132 e. The lowest BCUT2D eigenvalue weighted by atomic mass is 10.2. The molecule has 1 aromatic heterocycles. The molecule has 16 heavy (non-hydrogen) atoms. The minimum absolute atomic E-state index is 0.517. The molecule has 0 amide bonds. The Hall–Kier alpha value is -0.410. The van der Waals surface area contributed by atoms with Gasteiger partial charge in [-0.15, -0.1) is 11.6 Å². The first-order chi connectivity index (χ1) is 7.74. The summed E-state index contributed by atoms with van der Waals surface area (Å²) in [5.74, 6) is 2.65. The molecule has 0 radical (unpaired) electrons. The van der Waals surface area contributed by atoms with E-state index in [1.165, 1.54) is 0 Å². The second-order valence-electron chi connectivity index (χ2n) is 3.75. The summed E-state index contributed by atoms with van der Waals surface area (Å²) in [7, 11) is 2.10. The van der Waals surface area contributed by atoms with Crippen LogP contribution in [0, 0.1) is 0 Å². The summed E-state index contributed by atoms with van der Waals surface area (Å²) in [4.78, 5) is 6.68. The van der Waals surface area contributed by atoms with Crippen LogP contribution < -0.4 is 4.90 Å². The summed E-state index contributed by atoms with van der Waals surface area (Å²) in [5, 5.41) is 0. The van der Waals surface area contributed by atoms with Crippen molar-refractivity contribution in [2.24, 2.45) is 0 Å². The van der Waals surface area contributed by atoms with Gasteiger partial charge in [-0.2, -0.15) is 11.8 Å². The Balaban J connectivity index is 2.88. The predicted molar refractivity (Wildman–Crippen MR) is 74.7 cm³/mol. The molecule has 0 spiro atoms. The van der Waals surface area contributed by atoms with Gasteiger partial charge in [-0.3, -0.25) is 0 Å². The second kappa shape index (κ2) is 7.02. The van der Waals surface area contributed by atoms with Crippen molar-refractivity contribution in [1.82, 2.24) is 4.98 Å². The first-order valence-electron chi connectivity index (χ1n) is 5.46. The minimum atomic E-state index is 0.517. The third-order valence-corrected chi connectivity index (χ3v) is 3.73. The Morgan fingerprint density at radius 2 is 2.31 bits per heavy atom. The molecule has 0 fully saturated rings. The van der Waals surface area contributed by atoms with E-state index in [2.05, 4.69) is 30.1 Å². The van der Waals surface area contributed by atoms with Crippen molar-refractivity contribution in [2.45, 2.75) is 25.3 Å². The van der Waals surface area contributed by atoms with Crippen molar-refractivity contribution in [2.75, 3.05) is 24.0 Å². The van der Waals surface area contributed by atoms with E-state index in [0.717, 1.165) is 23.6 Å². The van der Waals surface area contributed by atoms with Gasteiger partial charge in [0.05, 0.1) is 5.88 Å². The molecule has 1 unspecified atom stereocenters. The van der Waals surface area contributed by atoms with Gasteiger partial charge in [-0.25, -0.2) is 4.98 Å². The molecule has 4 heteroatoms. The van der Waals surface area contributed by atoms with Crippen LogP contribution in [0.5, 0.6) is 0 Å². The Morgan fingerprint density at radius 3 is 2.88 bits per heavy atom. The van der Waals surface area contributed by atoms with Crippen LogP contribution in [0.2, 0.25) is 0 Å². The van der Waals surface area contributed by atoms with Crippen molar-refractivity contribution < 1.29 is 0 Å². The van der Waals surface area contributed by atoms with E-state index < -0.39 is 0 Å². The average molecular weight is 259 g/mol. The molecule has 0 aliphatic heterocycles. The summed E-state index contributed by atoms with van der Waals surface area (Å²) in [6.07, 6.45) is 5.08. The number of hydrogen-bond acceptors (Lipinski definition) is 3. The predicted octanol–water partition coefficient (Wildman–Crippen LogP) is 3.40. The molecule has 0 aromatic carbocycles. The normalized spacial score (nSPS) is 12.5. The Morgan fingerprint density at radius 1 is 1.56 bits per heavy atom. The summed E-state index contributed by atoms with van der Waals surface area (Å²) in [6.45, 7) is 2.21. The van der Waals surface area contributed by atoms with Gasteiger partial charge in [-0.1, -0.05) is 13.0 Å². The number of anilines is 1. The Bertz CT molecular complexity index is 320. The summed E-state index contributed by atoms with van der Waals surface area (Å²) in [6, 6.07) is 4.49. The van der Waals surface area contributed by atoms with Crippen LogP contribution in [-0.4, -0.2) is 30.1 Å². The maximum atomic E-state index is 5.93. The first-order valence-corrected chi connectivity index (χ1v) is 7.39. The maximum absolute atomic E-state index is 5.93. The highest BCUT2D eigenvalue weighted by molar-refractivity contribution is 7.98. The largest absolute Gasteiger partial charge is 0.356 e. The van der Waals surface area contributed by atoms with Crippen LogP contribution in [-0.2, 0) is 5.88 Å². The monoisotopic (exact) mass is 258 g/mol. The van der Waals surface area contributed by atoms with Gasteiger partial charge < -0.3 is 4.90 Å². The number of nitrogens with zero attached hydrogens (tertiary/aromatic N) is 2. The average Bonchev–Trinajstić information content (AvgIpc) is 2.35. The second-order valence-corrected chi connectivity index (χ2v) is 4.93. The maximum Gasteiger partial charge on any atom is 0.132 e. The van der Waals surface area contributed by atoms with E-state index in [4.69, 9.17) is 11.6 Å². The lowest BCUT2D eigenvalue weighted by molar-refractivity contribution is 0.664. The van der Waals surface area contributed by atoms with E-state index in [0.29, 0.717) is 11.9 Å². The molecule has 0 saturated carbocycles. The quantitative estimate of drug-likeness (QED) is 0.728. The zero-order valence-corrected chi connectivity index (χ0v) is 11.7. The molecule has 90 valence electrons. The topological polar surface area (TPSA) is 16.1 Å². The van der Waals surface area contributed by atoms with Gasteiger partial charge in [0.2, 0.25) is 0 Å². The number of aromatic nitrogens is 1. The SMILES string of the molecule is CCC(CSC)N(C)c1ncccc1CCl. The summed E-state index contributed by atoms with van der Waals surface area (Å²) < 4.78 is 0. The molecular weight excluding hydrogens is 240 g/mol. The van der Waals surface area contributed by atoms with Gasteiger partial charge >= 0.3 is 0 Å². The number of pyridine rings is 1. The van der Waals surface area contributed by atoms with E-state index in [1.807, 2.05) is 30.1 Å². The highest BCUT2D eigenvalue weighted by Gasteiger charge is 2.16. The fourth-order valence-electron chi connectivity index (χ4n) is 1.72. The minimum Gasteiger partial charge on any atom is -0.356 e. The van der Waals surface area contributed by atoms with Gasteiger partial charge in [0.15, 0.2) is 0 Å². The van der Waals surface area contributed by atoms with Crippen molar-refractivity contribution in [3.63, 3.8) is 0 Å². The van der Waals surface area contributed by atoms with E-state index >= 15 is 0 Å². The molecule has 0 aliphatic rings. The molecule has 1 heterocycles. The number of hydrogen-bond donors (Lipinski definition) is 0. The zero-order chi connectivity index (χ0) is 12.0. The summed E-state index contributed by atoms with van der Waals surface area (Å²) >= 11 is 7.80. The van der Waals surface area contributed by atoms with Crippen molar-refractivity contribution in [3.8, 4) is 0 Å². The van der Waals surface area contributed by atoms with E-state index in [9.17, 15) is 0 Å². The van der Waals surface area contributed by atoms with Gasteiger partial charge in [0, 0.05) is 30.6 Å². The van der Waals surface area contributed by atoms with Crippen molar-refractivity contribution >= 4 is 29.2 Å². The molecule has 2 nitrogen and oxygen atoms in total. The third kappa shape index (κ3) is 3.29. The Labute approximate surface area is 107 Å². The fraction of sp³-hybridized carbons (Fsp3) is 0.583. The zero-order valence-electron chi connectivity index (χ0n) is 10.1. The highest BCUT2D eigenvalue weighted by Crippen LogP contribution is 2.22. The van der Waals surface area contributed by atoms with Crippen molar-refractivity contribution in [3.05, 3.63) is 23.9 Å². The lowest BCUT2D eigenvalue weighted by Gasteiger charge is -2.29. The number of alkyl halides is 1. The van der Waals surface area contributed by atoms with Crippen LogP contribution >= 0.6 is 23.4 Å². The van der Waals surface area contributed by atoms with Crippen LogP contribution in [0.25, 0.3) is 0 Å². The highest BCUT2D eigenvalue weighted by atomic mass is 35.5. The van der Waals surface area contributed by atoms with Gasteiger partial charge in [0.25, 0.3) is 0 Å². The van der Waals surface area contributed by atoms with E-state index in [-0.39, 0.29) is 0 Å². The van der Waals surface area contributed by atoms with Crippen LogP contribution in [0.4, 0.5) is 5.82 Å². The lowest BCUT2D eigenvalue weighted by Crippen LogP contribution is -2.34. The molecule has 1 rings (SSSR count). The van der Waals surface area contributed by atoms with Crippen LogP contribution in [0.1, 0.15) is 18.9 Å². The molecule has 1 aromatic rings. The molecule has 1 atom stereocenters. The Kier molecular flexibility index (Phi) is 5.99. The van der Waals surface area contributed by atoms with Gasteiger partial charge in [0.1, 0.15) is 5.82 Å². The van der Waals surface area contributed by atoms with E-state index in [1.54, 1.807) is 0 Å². The first kappa shape index (κ1) is 13.7. The molecular formula is C12H19ClN2S. The molecule has 0 saturated heterocycles. The molecule has 0 aliphatic carbocycles. The number of rotatable bonds is 6. The van der Waals surface area contributed by atoms with Crippen molar-refractivity contribution in [1.29, 1.82) is 0 Å². The van der Waals surface area contributed by atoms with Crippen LogP contribution in [0.3, 0.4) is 0 Å². The standard InChI is InChI=1S/C12H19ClN2S/c1-4-11(9-16-3)15(2)12-10(8-13)6-5-7-14-12/h5-7,11H,4,8-9H2,1-3H3. The number of thioether (sulfide) groups is 1. The number of halogens is 1. The fourth-order valence-corrected chi connectivity index (χ4v) is 2.77. The van der Waals surface area contributed by atoms with Crippen LogP contribution in [0.15, 0.2) is 18.3 Å². The molecule has 0 N–H and O–H groups in total. The summed E-state index contributed by atoms with van der Waals surface area (Å²) in [5.41, 5.74) is 1.10. The van der Waals surface area contributed by atoms with Gasteiger partial charge in [-0.05, 0) is 18.7 Å².